The van der Waals surface area contributed by atoms with E-state index in [1.807, 2.05) is 0 Å². The summed E-state index contributed by atoms with van der Waals surface area (Å²) in [5.41, 5.74) is 2.21. The summed E-state index contributed by atoms with van der Waals surface area (Å²) < 4.78 is 83.1. The third-order valence-corrected chi connectivity index (χ3v) is 6.60. The van der Waals surface area contributed by atoms with Gasteiger partial charge < -0.3 is 9.40 Å². The van der Waals surface area contributed by atoms with E-state index < -0.39 is 17.7 Å². The topological polar surface area (TPSA) is 80.5 Å². The van der Waals surface area contributed by atoms with Crippen LogP contribution in [0, 0.1) is 11.6 Å². The number of alkyl halides is 4. The van der Waals surface area contributed by atoms with E-state index in [4.69, 9.17) is 4.42 Å². The fourth-order valence-corrected chi connectivity index (χ4v) is 4.45. The Morgan fingerprint density at radius 1 is 0.816 bits per heavy atom. The van der Waals surface area contributed by atoms with Crippen LogP contribution in [0.25, 0.3) is 0 Å². The van der Waals surface area contributed by atoms with Gasteiger partial charge in [0.15, 0.2) is 5.89 Å². The van der Waals surface area contributed by atoms with Crippen molar-refractivity contribution in [2.45, 2.75) is 62.2 Å². The highest BCUT2D eigenvalue weighted by Crippen LogP contribution is 2.48. The summed E-state index contributed by atoms with van der Waals surface area (Å²) in [4.78, 5) is 18.6. The lowest BCUT2D eigenvalue weighted by molar-refractivity contribution is -0.0918. The van der Waals surface area contributed by atoms with E-state index in [9.17, 15) is 26.3 Å². The van der Waals surface area contributed by atoms with Gasteiger partial charge in [-0.05, 0) is 23.3 Å². The SMILES string of the molecule is Fc1cnccc1Cc1cnc(C2CC(F)(F)C2)[nH]1.Fc1cnccc1Cc1coc(C2CC(F)(F)C2)n1. The summed E-state index contributed by atoms with van der Waals surface area (Å²) in [5, 5.41) is 0. The van der Waals surface area contributed by atoms with Crippen molar-refractivity contribution in [3.05, 3.63) is 95.2 Å². The average Bonchev–Trinajstić information content (AvgIpc) is 3.49. The summed E-state index contributed by atoms with van der Waals surface area (Å²) in [6.45, 7) is 0. The number of aromatic amines is 1. The molecule has 6 rings (SSSR count). The highest BCUT2D eigenvalue weighted by molar-refractivity contribution is 5.22. The van der Waals surface area contributed by atoms with Gasteiger partial charge in [0.2, 0.25) is 11.8 Å². The first-order valence-corrected chi connectivity index (χ1v) is 12.0. The molecule has 12 heteroatoms. The molecular weight excluding hydrogens is 512 g/mol. The quantitative estimate of drug-likeness (QED) is 0.291. The first-order valence-electron chi connectivity index (χ1n) is 12.0. The van der Waals surface area contributed by atoms with Gasteiger partial charge in [0.25, 0.3) is 0 Å². The first kappa shape index (κ1) is 25.9. The van der Waals surface area contributed by atoms with Crippen molar-refractivity contribution in [1.82, 2.24) is 24.9 Å². The smallest absolute Gasteiger partial charge is 0.249 e. The molecule has 2 saturated carbocycles. The number of rotatable bonds is 6. The van der Waals surface area contributed by atoms with Gasteiger partial charge in [-0.1, -0.05) is 0 Å². The second kappa shape index (κ2) is 10.2. The number of imidazole rings is 1. The lowest BCUT2D eigenvalue weighted by atomic mass is 9.81. The van der Waals surface area contributed by atoms with Crippen molar-refractivity contribution in [2.24, 2.45) is 0 Å². The molecule has 2 fully saturated rings. The zero-order valence-electron chi connectivity index (χ0n) is 20.0. The molecular formula is C26H23F6N5O. The maximum Gasteiger partial charge on any atom is 0.249 e. The van der Waals surface area contributed by atoms with Gasteiger partial charge in [-0.3, -0.25) is 9.97 Å². The summed E-state index contributed by atoms with van der Waals surface area (Å²) >= 11 is 0. The molecule has 0 atom stereocenters. The van der Waals surface area contributed by atoms with Crippen LogP contribution in [-0.2, 0) is 12.8 Å². The van der Waals surface area contributed by atoms with Crippen LogP contribution in [0.5, 0.6) is 0 Å². The summed E-state index contributed by atoms with van der Waals surface area (Å²) in [5.74, 6) is -5.62. The van der Waals surface area contributed by atoms with Crippen LogP contribution in [0.15, 0.2) is 53.8 Å². The van der Waals surface area contributed by atoms with Crippen molar-refractivity contribution in [1.29, 1.82) is 0 Å². The Morgan fingerprint density at radius 2 is 1.39 bits per heavy atom. The van der Waals surface area contributed by atoms with Gasteiger partial charge in [-0.2, -0.15) is 0 Å². The Bertz CT molecular complexity index is 1280. The number of oxazole rings is 1. The van der Waals surface area contributed by atoms with Crippen molar-refractivity contribution in [3.63, 3.8) is 0 Å². The van der Waals surface area contributed by atoms with E-state index in [0.717, 1.165) is 18.1 Å². The third kappa shape index (κ3) is 6.05. The van der Waals surface area contributed by atoms with Crippen LogP contribution < -0.4 is 0 Å². The molecule has 200 valence electrons. The molecule has 38 heavy (non-hydrogen) atoms. The van der Waals surface area contributed by atoms with E-state index in [2.05, 4.69) is 24.9 Å². The molecule has 4 aromatic heterocycles. The van der Waals surface area contributed by atoms with Crippen LogP contribution in [0.3, 0.4) is 0 Å². The molecule has 0 saturated heterocycles. The van der Waals surface area contributed by atoms with Gasteiger partial charge in [0, 0.05) is 74.6 Å². The number of halogens is 6. The van der Waals surface area contributed by atoms with Gasteiger partial charge in [0.1, 0.15) is 23.7 Å². The number of aromatic nitrogens is 5. The van der Waals surface area contributed by atoms with Crippen LogP contribution in [0.2, 0.25) is 0 Å². The van der Waals surface area contributed by atoms with E-state index in [-0.39, 0.29) is 49.8 Å². The molecule has 0 aliphatic heterocycles. The van der Waals surface area contributed by atoms with E-state index >= 15 is 0 Å². The Balaban J connectivity index is 0.000000155. The van der Waals surface area contributed by atoms with Gasteiger partial charge in [-0.25, -0.2) is 36.3 Å². The molecule has 2 aliphatic rings. The summed E-state index contributed by atoms with van der Waals surface area (Å²) in [6.07, 6.45) is 8.10. The molecule has 0 aromatic carbocycles. The van der Waals surface area contributed by atoms with Gasteiger partial charge >= 0.3 is 0 Å². The van der Waals surface area contributed by atoms with Gasteiger partial charge in [0.05, 0.1) is 18.1 Å². The van der Waals surface area contributed by atoms with Crippen LogP contribution in [0.4, 0.5) is 26.3 Å². The number of pyridine rings is 2. The second-order valence-electron chi connectivity index (χ2n) is 9.68. The van der Waals surface area contributed by atoms with Gasteiger partial charge in [-0.15, -0.1) is 0 Å². The van der Waals surface area contributed by atoms with Crippen molar-refractivity contribution >= 4 is 0 Å². The van der Waals surface area contributed by atoms with E-state index in [1.165, 1.54) is 18.7 Å². The van der Waals surface area contributed by atoms with E-state index in [1.54, 1.807) is 18.3 Å². The molecule has 0 bridgehead atoms. The molecule has 2 aliphatic carbocycles. The fraction of sp³-hybridized carbons (Fsp3) is 0.385. The van der Waals surface area contributed by atoms with E-state index in [0.29, 0.717) is 35.0 Å². The Kier molecular flexibility index (Phi) is 6.97. The summed E-state index contributed by atoms with van der Waals surface area (Å²) in [7, 11) is 0. The molecule has 4 aromatic rings. The third-order valence-electron chi connectivity index (χ3n) is 6.60. The minimum absolute atomic E-state index is 0.163. The number of hydrogen-bond donors (Lipinski definition) is 1. The molecule has 0 unspecified atom stereocenters. The average molecular weight is 535 g/mol. The molecule has 4 heterocycles. The highest BCUT2D eigenvalue weighted by atomic mass is 19.3. The number of hydrogen-bond acceptors (Lipinski definition) is 5. The lowest BCUT2D eigenvalue weighted by Crippen LogP contribution is -2.34. The number of H-pyrrole nitrogens is 1. The first-order chi connectivity index (χ1) is 18.1. The number of nitrogens with zero attached hydrogens (tertiary/aromatic N) is 4. The zero-order chi connectivity index (χ0) is 26.9. The van der Waals surface area contributed by atoms with Crippen LogP contribution in [0.1, 0.15) is 71.7 Å². The molecule has 0 spiro atoms. The monoisotopic (exact) mass is 535 g/mol. The standard InChI is InChI=1S/C13H12F3N3.C13H11F3N2O/c14-11-7-17-2-1-8(11)3-10-6-18-12(19-10)9-4-13(15,16)5-9;14-11-6-17-2-1-8(11)3-10-7-19-12(18-10)9-4-13(15,16)5-9/h1-2,6-7,9H,3-5H2,(H,18,19);1-2,6-7,9H,3-5H2. The Morgan fingerprint density at radius 3 is 1.97 bits per heavy atom. The highest BCUT2D eigenvalue weighted by Gasteiger charge is 2.48. The molecule has 0 radical (unpaired) electrons. The van der Waals surface area contributed by atoms with Crippen LogP contribution in [-0.4, -0.2) is 36.8 Å². The zero-order valence-corrected chi connectivity index (χ0v) is 20.0. The summed E-state index contributed by atoms with van der Waals surface area (Å²) in [6, 6.07) is 3.15. The Labute approximate surface area is 213 Å². The fourth-order valence-electron chi connectivity index (χ4n) is 4.45. The van der Waals surface area contributed by atoms with Crippen molar-refractivity contribution in [2.75, 3.05) is 0 Å². The predicted octanol–water partition coefficient (Wildman–Crippen LogP) is 6.36. The van der Waals surface area contributed by atoms with Crippen molar-refractivity contribution in [3.8, 4) is 0 Å². The molecule has 1 N–H and O–H groups in total. The molecule has 6 nitrogen and oxygen atoms in total. The maximum atomic E-state index is 13.4. The van der Waals surface area contributed by atoms with Crippen molar-refractivity contribution < 1.29 is 30.8 Å². The normalized spacial score (nSPS) is 18.3. The lowest BCUT2D eigenvalue weighted by Gasteiger charge is -2.33. The largest absolute Gasteiger partial charge is 0.448 e. The molecule has 0 amide bonds. The number of nitrogens with one attached hydrogen (secondary N) is 1. The maximum absolute atomic E-state index is 13.4. The predicted molar refractivity (Wildman–Crippen MR) is 123 cm³/mol. The second-order valence-corrected chi connectivity index (χ2v) is 9.68. The minimum Gasteiger partial charge on any atom is -0.448 e. The van der Waals surface area contributed by atoms with Crippen LogP contribution >= 0.6 is 0 Å². The Hall–Kier alpha value is -3.70. The minimum atomic E-state index is -2.60.